The van der Waals surface area contributed by atoms with E-state index in [-0.39, 0.29) is 17.5 Å². The second kappa shape index (κ2) is 4.36. The summed E-state index contributed by atoms with van der Waals surface area (Å²) in [6, 6.07) is -0.208. The summed E-state index contributed by atoms with van der Waals surface area (Å²) in [5.74, 6) is -0.0149. The molecule has 0 saturated carbocycles. The molecule has 1 aliphatic rings. The molecule has 5 nitrogen and oxygen atoms in total. The Morgan fingerprint density at radius 2 is 2.23 bits per heavy atom. The maximum Gasteiger partial charge on any atom is 0.159 e. The first-order valence-electron chi connectivity index (χ1n) is 4.26. The van der Waals surface area contributed by atoms with Crippen LogP contribution in [0.1, 0.15) is 0 Å². The third kappa shape index (κ3) is 3.22. The van der Waals surface area contributed by atoms with E-state index in [2.05, 4.69) is 0 Å². The Hall–Kier alpha value is -0.170. The lowest BCUT2D eigenvalue weighted by atomic mass is 10.2. The van der Waals surface area contributed by atoms with Crippen molar-refractivity contribution < 1.29 is 23.6 Å². The number of ether oxygens (including phenoxy) is 1. The van der Waals surface area contributed by atoms with E-state index < -0.39 is 15.9 Å². The van der Waals surface area contributed by atoms with E-state index in [4.69, 9.17) is 4.74 Å². The van der Waals surface area contributed by atoms with Crippen LogP contribution >= 0.6 is 0 Å². The molecule has 1 fully saturated rings. The van der Waals surface area contributed by atoms with E-state index in [1.165, 1.54) is 0 Å². The highest BCUT2D eigenvalue weighted by Gasteiger charge is 2.38. The predicted octanol–water partition coefficient (Wildman–Crippen LogP) is -2.65. The van der Waals surface area contributed by atoms with Gasteiger partial charge in [0.1, 0.15) is 17.9 Å². The van der Waals surface area contributed by atoms with Gasteiger partial charge in [0.2, 0.25) is 0 Å². The minimum absolute atomic E-state index is 0.0812. The molecule has 13 heavy (non-hydrogen) atoms. The van der Waals surface area contributed by atoms with Crippen LogP contribution in [0.5, 0.6) is 0 Å². The van der Waals surface area contributed by atoms with Crippen molar-refractivity contribution in [2.45, 2.75) is 12.1 Å². The average molecular weight is 210 g/mol. The fourth-order valence-corrected chi connectivity index (χ4v) is 3.33. The van der Waals surface area contributed by atoms with Crippen LogP contribution in [0, 0.1) is 0 Å². The molecule has 1 saturated heterocycles. The topological polar surface area (TPSA) is 80.2 Å². The lowest BCUT2D eigenvalue weighted by Gasteiger charge is -2.10. The third-order valence-electron chi connectivity index (χ3n) is 2.16. The van der Waals surface area contributed by atoms with Gasteiger partial charge < -0.3 is 15.2 Å². The van der Waals surface area contributed by atoms with Crippen molar-refractivity contribution in [3.05, 3.63) is 0 Å². The van der Waals surface area contributed by atoms with Crippen LogP contribution in [0.3, 0.4) is 0 Å². The fraction of sp³-hybridized carbons (Fsp3) is 1.00. The van der Waals surface area contributed by atoms with Crippen molar-refractivity contribution in [1.82, 2.24) is 0 Å². The molecule has 1 heterocycles. The van der Waals surface area contributed by atoms with E-state index >= 15 is 0 Å². The Balaban J connectivity index is 2.36. The smallest absolute Gasteiger partial charge is 0.159 e. The largest absolute Gasteiger partial charge is 0.386 e. The highest BCUT2D eigenvalue weighted by Crippen LogP contribution is 2.08. The molecule has 0 radical (unpaired) electrons. The Morgan fingerprint density at radius 1 is 1.54 bits per heavy atom. The third-order valence-corrected chi connectivity index (χ3v) is 3.90. The Bertz CT molecular complexity index is 251. The van der Waals surface area contributed by atoms with Gasteiger partial charge in [0, 0.05) is 7.11 Å². The van der Waals surface area contributed by atoms with Crippen LogP contribution < -0.4 is 5.32 Å². The summed E-state index contributed by atoms with van der Waals surface area (Å²) in [4.78, 5) is 0. The van der Waals surface area contributed by atoms with Gasteiger partial charge in [-0.05, 0) is 0 Å². The fourth-order valence-electron chi connectivity index (χ4n) is 1.48. The molecule has 0 bridgehead atoms. The van der Waals surface area contributed by atoms with Crippen molar-refractivity contribution >= 4 is 9.84 Å². The maximum absolute atomic E-state index is 11.1. The molecular formula is C7H16NO4S+. The van der Waals surface area contributed by atoms with Crippen LogP contribution in [0.15, 0.2) is 0 Å². The molecule has 0 amide bonds. The van der Waals surface area contributed by atoms with Gasteiger partial charge in [0.25, 0.3) is 0 Å². The molecule has 78 valence electrons. The van der Waals surface area contributed by atoms with Crippen LogP contribution in [0.4, 0.5) is 0 Å². The molecular weight excluding hydrogens is 194 g/mol. The van der Waals surface area contributed by atoms with Crippen LogP contribution in [0.2, 0.25) is 0 Å². The van der Waals surface area contributed by atoms with Gasteiger partial charge in [-0.1, -0.05) is 0 Å². The van der Waals surface area contributed by atoms with Crippen molar-refractivity contribution in [2.24, 2.45) is 0 Å². The first-order valence-corrected chi connectivity index (χ1v) is 6.08. The molecule has 0 spiro atoms. The van der Waals surface area contributed by atoms with Gasteiger partial charge in [0.15, 0.2) is 9.84 Å². The summed E-state index contributed by atoms with van der Waals surface area (Å²) in [7, 11) is -1.41. The molecule has 0 unspecified atom stereocenters. The summed E-state index contributed by atoms with van der Waals surface area (Å²) in [5.41, 5.74) is 0. The first-order chi connectivity index (χ1) is 6.05. The van der Waals surface area contributed by atoms with Crippen LogP contribution in [-0.2, 0) is 14.6 Å². The van der Waals surface area contributed by atoms with Crippen molar-refractivity contribution in [1.29, 1.82) is 0 Å². The number of hydrogen-bond donors (Lipinski definition) is 2. The number of sulfone groups is 1. The minimum Gasteiger partial charge on any atom is -0.386 e. The second-order valence-corrected chi connectivity index (χ2v) is 5.48. The number of aliphatic hydroxyl groups is 1. The predicted molar refractivity (Wildman–Crippen MR) is 47.1 cm³/mol. The summed E-state index contributed by atoms with van der Waals surface area (Å²) in [6.45, 7) is 1.26. The maximum atomic E-state index is 11.1. The van der Waals surface area contributed by atoms with E-state index in [1.807, 2.05) is 5.32 Å². The molecule has 0 aromatic carbocycles. The van der Waals surface area contributed by atoms with Crippen molar-refractivity contribution in [2.75, 3.05) is 31.8 Å². The van der Waals surface area contributed by atoms with Gasteiger partial charge in [0.05, 0.1) is 18.9 Å². The number of quaternary nitrogens is 1. The van der Waals surface area contributed by atoms with E-state index in [1.54, 1.807) is 7.11 Å². The summed E-state index contributed by atoms with van der Waals surface area (Å²) >= 11 is 0. The zero-order chi connectivity index (χ0) is 9.90. The first kappa shape index (κ1) is 10.9. The van der Waals surface area contributed by atoms with Crippen LogP contribution in [-0.4, -0.2) is 57.4 Å². The van der Waals surface area contributed by atoms with E-state index in [9.17, 15) is 13.5 Å². The standard InChI is InChI=1S/C7H15NO4S/c1-12-3-2-8-6-4-13(10,11)5-7(6)9/h6-9H,2-5H2,1H3/p+1/t6-,7+/m1/s1. The molecule has 2 atom stereocenters. The van der Waals surface area contributed by atoms with E-state index in [0.29, 0.717) is 13.2 Å². The van der Waals surface area contributed by atoms with Crippen LogP contribution in [0.25, 0.3) is 0 Å². The number of rotatable bonds is 4. The summed E-state index contributed by atoms with van der Waals surface area (Å²) in [6.07, 6.45) is -0.721. The summed E-state index contributed by atoms with van der Waals surface area (Å²) in [5, 5.41) is 11.2. The minimum atomic E-state index is -3.00. The lowest BCUT2D eigenvalue weighted by molar-refractivity contribution is -0.691. The van der Waals surface area contributed by atoms with E-state index in [0.717, 1.165) is 0 Å². The molecule has 6 heteroatoms. The number of methoxy groups -OCH3 is 1. The lowest BCUT2D eigenvalue weighted by Crippen LogP contribution is -2.93. The normalized spacial score (nSPS) is 32.2. The van der Waals surface area contributed by atoms with Gasteiger partial charge in [-0.3, -0.25) is 0 Å². The number of nitrogens with two attached hydrogens (primary N) is 1. The number of aliphatic hydroxyl groups excluding tert-OH is 1. The average Bonchev–Trinajstić information content (AvgIpc) is 2.25. The highest BCUT2D eigenvalue weighted by atomic mass is 32.2. The zero-order valence-corrected chi connectivity index (χ0v) is 8.46. The SMILES string of the molecule is COCC[NH2+][C@@H]1CS(=O)(=O)C[C@@H]1O. The highest BCUT2D eigenvalue weighted by molar-refractivity contribution is 7.91. The molecule has 3 N–H and O–H groups in total. The molecule has 1 rings (SSSR count). The number of hydrogen-bond acceptors (Lipinski definition) is 4. The van der Waals surface area contributed by atoms with Gasteiger partial charge >= 0.3 is 0 Å². The van der Waals surface area contributed by atoms with Gasteiger partial charge in [-0.15, -0.1) is 0 Å². The molecule has 0 aromatic heterocycles. The Morgan fingerprint density at radius 3 is 2.69 bits per heavy atom. The molecule has 1 aliphatic heterocycles. The second-order valence-electron chi connectivity index (χ2n) is 3.33. The Labute approximate surface area is 78.0 Å². The van der Waals surface area contributed by atoms with Gasteiger partial charge in [-0.25, -0.2) is 8.42 Å². The Kier molecular flexibility index (Phi) is 3.66. The quantitative estimate of drug-likeness (QED) is 0.497. The molecule has 0 aromatic rings. The van der Waals surface area contributed by atoms with Crippen molar-refractivity contribution in [3.8, 4) is 0 Å². The van der Waals surface area contributed by atoms with Crippen molar-refractivity contribution in [3.63, 3.8) is 0 Å². The van der Waals surface area contributed by atoms with Gasteiger partial charge in [-0.2, -0.15) is 0 Å². The zero-order valence-electron chi connectivity index (χ0n) is 7.64. The molecule has 0 aliphatic carbocycles. The summed E-state index contributed by atoms with van der Waals surface area (Å²) < 4.78 is 27.0. The monoisotopic (exact) mass is 210 g/mol.